The Bertz CT molecular complexity index is 624. The van der Waals surface area contributed by atoms with Crippen LogP contribution in [-0.2, 0) is 6.54 Å². The lowest BCUT2D eigenvalue weighted by Gasteiger charge is -2.09. The molecule has 2 N–H and O–H groups in total. The zero-order chi connectivity index (χ0) is 14.9. The predicted octanol–water partition coefficient (Wildman–Crippen LogP) is 0.956. The van der Waals surface area contributed by atoms with E-state index in [-0.39, 0.29) is 0 Å². The number of aromatic nitrogens is 3. The van der Waals surface area contributed by atoms with Gasteiger partial charge in [0.25, 0.3) is 0 Å². The topological polar surface area (TPSA) is 67.1 Å². The lowest BCUT2D eigenvalue weighted by atomic mass is 10.2. The normalized spacial score (nSPS) is 11.0. The first-order valence-corrected chi connectivity index (χ1v) is 6.74. The molecule has 0 unspecified atom stereocenters. The molecule has 0 fully saturated rings. The first-order valence-electron chi connectivity index (χ1n) is 6.74. The van der Waals surface area contributed by atoms with E-state index in [4.69, 9.17) is 6.42 Å². The summed E-state index contributed by atoms with van der Waals surface area (Å²) in [6.45, 7) is 3.78. The Morgan fingerprint density at radius 2 is 2.33 bits per heavy atom. The molecule has 0 amide bonds. The molecule has 0 spiro atoms. The molecule has 6 nitrogen and oxygen atoms in total. The molecule has 0 saturated carbocycles. The van der Waals surface area contributed by atoms with E-state index >= 15 is 0 Å². The molecule has 21 heavy (non-hydrogen) atoms. The minimum atomic E-state index is 0.445. The van der Waals surface area contributed by atoms with Gasteiger partial charge in [0.2, 0.25) is 0 Å². The van der Waals surface area contributed by atoms with Crippen molar-refractivity contribution in [2.24, 2.45) is 4.99 Å². The maximum absolute atomic E-state index is 5.24. The molecule has 2 rings (SSSR count). The fraction of sp³-hybridized carbons (Fsp3) is 0.267. The van der Waals surface area contributed by atoms with Crippen LogP contribution in [0.1, 0.15) is 12.5 Å². The van der Waals surface area contributed by atoms with Gasteiger partial charge < -0.3 is 10.6 Å². The summed E-state index contributed by atoms with van der Waals surface area (Å²) in [6.07, 6.45) is 10.6. The van der Waals surface area contributed by atoms with Gasteiger partial charge in [0, 0.05) is 25.1 Å². The van der Waals surface area contributed by atoms with E-state index in [1.54, 1.807) is 17.1 Å². The van der Waals surface area contributed by atoms with E-state index < -0.39 is 0 Å². The van der Waals surface area contributed by atoms with Gasteiger partial charge in [-0.1, -0.05) is 5.92 Å². The van der Waals surface area contributed by atoms with Gasteiger partial charge in [-0.3, -0.25) is 0 Å². The Kier molecular flexibility index (Phi) is 5.35. The number of nitrogens with zero attached hydrogens (tertiary/aromatic N) is 4. The molecule has 2 aromatic rings. The second-order valence-electron chi connectivity index (χ2n) is 4.23. The fourth-order valence-corrected chi connectivity index (χ4v) is 1.74. The van der Waals surface area contributed by atoms with Crippen LogP contribution in [0.2, 0.25) is 0 Å². The maximum atomic E-state index is 5.24. The van der Waals surface area contributed by atoms with Crippen molar-refractivity contribution in [3.05, 3.63) is 42.4 Å². The van der Waals surface area contributed by atoms with E-state index in [0.29, 0.717) is 19.0 Å². The molecule has 108 valence electrons. The average molecular weight is 282 g/mol. The van der Waals surface area contributed by atoms with Crippen LogP contribution in [0.5, 0.6) is 0 Å². The molecule has 0 aliphatic heterocycles. The summed E-state index contributed by atoms with van der Waals surface area (Å²) in [5, 5.41) is 10.4. The minimum Gasteiger partial charge on any atom is -0.357 e. The smallest absolute Gasteiger partial charge is 0.192 e. The van der Waals surface area contributed by atoms with Gasteiger partial charge in [-0.2, -0.15) is 5.10 Å². The summed E-state index contributed by atoms with van der Waals surface area (Å²) in [5.41, 5.74) is 1.05. The number of hydrogen-bond donors (Lipinski definition) is 2. The zero-order valence-electron chi connectivity index (χ0n) is 12.0. The number of guanidine groups is 1. The van der Waals surface area contributed by atoms with Crippen LogP contribution in [0.4, 0.5) is 0 Å². The van der Waals surface area contributed by atoms with Gasteiger partial charge in [0.05, 0.1) is 13.1 Å². The molecule has 0 aliphatic rings. The summed E-state index contributed by atoms with van der Waals surface area (Å²) < 4.78 is 1.72. The van der Waals surface area contributed by atoms with Crippen LogP contribution in [-0.4, -0.2) is 33.8 Å². The van der Waals surface area contributed by atoms with E-state index in [1.807, 2.05) is 31.3 Å². The van der Waals surface area contributed by atoms with Gasteiger partial charge in [0.15, 0.2) is 11.8 Å². The third-order valence-electron chi connectivity index (χ3n) is 2.67. The maximum Gasteiger partial charge on any atom is 0.192 e. The molecular formula is C15H18N6. The van der Waals surface area contributed by atoms with Crippen molar-refractivity contribution in [3.63, 3.8) is 0 Å². The lowest BCUT2D eigenvalue weighted by molar-refractivity contribution is 0.837. The molecule has 0 saturated heterocycles. The number of terminal acetylenes is 1. The van der Waals surface area contributed by atoms with Gasteiger partial charge in [-0.05, 0) is 30.7 Å². The van der Waals surface area contributed by atoms with Crippen molar-refractivity contribution in [1.29, 1.82) is 0 Å². The predicted molar refractivity (Wildman–Crippen MR) is 83.0 cm³/mol. The van der Waals surface area contributed by atoms with Crippen molar-refractivity contribution in [1.82, 2.24) is 25.4 Å². The highest BCUT2D eigenvalue weighted by Crippen LogP contribution is 2.07. The van der Waals surface area contributed by atoms with Crippen molar-refractivity contribution in [3.8, 4) is 18.2 Å². The Hall–Kier alpha value is -2.81. The first kappa shape index (κ1) is 14.6. The highest BCUT2D eigenvalue weighted by Gasteiger charge is 2.00. The largest absolute Gasteiger partial charge is 0.357 e. The molecule has 0 radical (unpaired) electrons. The molecule has 6 heteroatoms. The second-order valence-corrected chi connectivity index (χ2v) is 4.23. The van der Waals surface area contributed by atoms with E-state index in [1.165, 1.54) is 0 Å². The first-order chi connectivity index (χ1) is 10.3. The number of rotatable bonds is 5. The van der Waals surface area contributed by atoms with Gasteiger partial charge in [-0.15, -0.1) is 6.42 Å². The summed E-state index contributed by atoms with van der Waals surface area (Å²) in [7, 11) is 0. The molecule has 0 aromatic carbocycles. The van der Waals surface area contributed by atoms with E-state index in [0.717, 1.165) is 17.9 Å². The Balaban J connectivity index is 2.08. The lowest BCUT2D eigenvalue weighted by Crippen LogP contribution is -2.37. The number of aliphatic imine (C=N–C) groups is 1. The molecule has 0 bridgehead atoms. The van der Waals surface area contributed by atoms with Crippen LogP contribution >= 0.6 is 0 Å². The minimum absolute atomic E-state index is 0.445. The summed E-state index contributed by atoms with van der Waals surface area (Å²) in [6, 6.07) is 5.75. The van der Waals surface area contributed by atoms with Crippen molar-refractivity contribution in [2.75, 3.05) is 13.1 Å². The summed E-state index contributed by atoms with van der Waals surface area (Å²) >= 11 is 0. The molecule has 2 heterocycles. The monoisotopic (exact) mass is 282 g/mol. The molecule has 2 aromatic heterocycles. The molecule has 0 aliphatic carbocycles. The van der Waals surface area contributed by atoms with Crippen LogP contribution in [0.3, 0.4) is 0 Å². The van der Waals surface area contributed by atoms with E-state index in [2.05, 4.69) is 31.6 Å². The highest BCUT2D eigenvalue weighted by atomic mass is 15.3. The quantitative estimate of drug-likeness (QED) is 0.487. The van der Waals surface area contributed by atoms with Gasteiger partial charge in [-0.25, -0.2) is 14.7 Å². The summed E-state index contributed by atoms with van der Waals surface area (Å²) in [4.78, 5) is 8.77. The number of pyridine rings is 1. The Morgan fingerprint density at radius 3 is 3.05 bits per heavy atom. The third kappa shape index (κ3) is 4.35. The van der Waals surface area contributed by atoms with Gasteiger partial charge in [0.1, 0.15) is 0 Å². The number of hydrogen-bond acceptors (Lipinski definition) is 3. The second kappa shape index (κ2) is 7.70. The molecule has 0 atom stereocenters. The van der Waals surface area contributed by atoms with Crippen molar-refractivity contribution in [2.45, 2.75) is 13.5 Å². The standard InChI is InChI=1S/C15H18N6/c1-3-7-18-15(16-4-2)19-12-13-6-9-17-14(11-13)21-10-5-8-20-21/h1,5-6,8-11H,4,7,12H2,2H3,(H2,16,18,19). The summed E-state index contributed by atoms with van der Waals surface area (Å²) in [5.74, 6) is 4.00. The number of nitrogens with one attached hydrogen (secondary N) is 2. The third-order valence-corrected chi connectivity index (χ3v) is 2.67. The van der Waals surface area contributed by atoms with Crippen LogP contribution < -0.4 is 10.6 Å². The van der Waals surface area contributed by atoms with E-state index in [9.17, 15) is 0 Å². The van der Waals surface area contributed by atoms with Crippen LogP contribution in [0.25, 0.3) is 5.82 Å². The highest BCUT2D eigenvalue weighted by molar-refractivity contribution is 5.79. The van der Waals surface area contributed by atoms with Crippen LogP contribution in [0.15, 0.2) is 41.8 Å². The van der Waals surface area contributed by atoms with Crippen molar-refractivity contribution >= 4 is 5.96 Å². The Morgan fingerprint density at radius 1 is 1.43 bits per heavy atom. The zero-order valence-corrected chi connectivity index (χ0v) is 12.0. The Labute approximate surface area is 124 Å². The SMILES string of the molecule is C#CCNC(=NCc1ccnc(-n2cccn2)c1)NCC. The van der Waals surface area contributed by atoms with Crippen molar-refractivity contribution < 1.29 is 0 Å². The van der Waals surface area contributed by atoms with Crippen LogP contribution in [0, 0.1) is 12.3 Å². The van der Waals surface area contributed by atoms with Gasteiger partial charge >= 0.3 is 0 Å². The molecular weight excluding hydrogens is 264 g/mol. The fourth-order valence-electron chi connectivity index (χ4n) is 1.74. The average Bonchev–Trinajstić information content (AvgIpc) is 3.05.